The molecule has 0 aliphatic rings. The molecule has 3 heterocycles. The summed E-state index contributed by atoms with van der Waals surface area (Å²) < 4.78 is 13.3. The van der Waals surface area contributed by atoms with E-state index in [0.717, 1.165) is 34.5 Å². The molecule has 3 aromatic heterocycles. The predicted molar refractivity (Wildman–Crippen MR) is 92.0 cm³/mol. The third-order valence-corrected chi connectivity index (χ3v) is 3.99. The second kappa shape index (κ2) is 5.98. The molecule has 122 valence electrons. The quantitative estimate of drug-likeness (QED) is 0.610. The van der Waals surface area contributed by atoms with Crippen LogP contribution >= 0.6 is 0 Å². The highest BCUT2D eigenvalue weighted by Gasteiger charge is 2.13. The molecule has 2 N–H and O–H groups in total. The highest BCUT2D eigenvalue weighted by molar-refractivity contribution is 5.82. The highest BCUT2D eigenvalue weighted by atomic mass is 16.5. The molecule has 0 spiro atoms. The molecule has 0 saturated carbocycles. The SMILES string of the molecule is CC[C@H](N)COc1ccc2ncc(-c3cc4ccccc4o3)n2n1. The molecule has 0 aliphatic carbocycles. The van der Waals surface area contributed by atoms with Crippen molar-refractivity contribution in [2.24, 2.45) is 5.73 Å². The van der Waals surface area contributed by atoms with Crippen LogP contribution in [0.1, 0.15) is 13.3 Å². The lowest BCUT2D eigenvalue weighted by molar-refractivity contribution is 0.271. The molecule has 4 rings (SSSR count). The lowest BCUT2D eigenvalue weighted by Crippen LogP contribution is -2.27. The predicted octanol–water partition coefficient (Wildman–Crippen LogP) is 3.26. The van der Waals surface area contributed by atoms with Gasteiger partial charge in [0.05, 0.1) is 6.20 Å². The van der Waals surface area contributed by atoms with Crippen LogP contribution in [0.4, 0.5) is 0 Å². The van der Waals surface area contributed by atoms with E-state index in [1.54, 1.807) is 16.8 Å². The van der Waals surface area contributed by atoms with E-state index in [2.05, 4.69) is 10.1 Å². The molecule has 0 radical (unpaired) electrons. The third kappa shape index (κ3) is 2.61. The molecule has 1 atom stereocenters. The first kappa shape index (κ1) is 14.7. The van der Waals surface area contributed by atoms with Crippen LogP contribution in [0.2, 0.25) is 0 Å². The Balaban J connectivity index is 1.72. The van der Waals surface area contributed by atoms with Crippen LogP contribution in [-0.2, 0) is 0 Å². The summed E-state index contributed by atoms with van der Waals surface area (Å²) in [6, 6.07) is 13.5. The maximum atomic E-state index is 5.91. The maximum Gasteiger partial charge on any atom is 0.231 e. The number of imidazole rings is 1. The van der Waals surface area contributed by atoms with Gasteiger partial charge in [0, 0.05) is 17.5 Å². The minimum absolute atomic E-state index is 0.000118. The maximum absolute atomic E-state index is 5.91. The van der Waals surface area contributed by atoms with Gasteiger partial charge in [0.1, 0.15) is 17.9 Å². The number of rotatable bonds is 5. The Morgan fingerprint density at radius 2 is 2.12 bits per heavy atom. The molecule has 0 fully saturated rings. The van der Waals surface area contributed by atoms with Gasteiger partial charge in [0.15, 0.2) is 11.4 Å². The molecule has 4 aromatic rings. The Morgan fingerprint density at radius 1 is 1.25 bits per heavy atom. The van der Waals surface area contributed by atoms with Gasteiger partial charge in [-0.1, -0.05) is 25.1 Å². The molecule has 0 unspecified atom stereocenters. The van der Waals surface area contributed by atoms with Crippen LogP contribution < -0.4 is 10.5 Å². The van der Waals surface area contributed by atoms with Gasteiger partial charge < -0.3 is 14.9 Å². The second-order valence-electron chi connectivity index (χ2n) is 5.71. The van der Waals surface area contributed by atoms with E-state index in [-0.39, 0.29) is 6.04 Å². The minimum Gasteiger partial charge on any atom is -0.475 e. The van der Waals surface area contributed by atoms with E-state index in [1.807, 2.05) is 43.3 Å². The lowest BCUT2D eigenvalue weighted by Gasteiger charge is -2.10. The number of nitrogens with zero attached hydrogens (tertiary/aromatic N) is 3. The van der Waals surface area contributed by atoms with E-state index >= 15 is 0 Å². The van der Waals surface area contributed by atoms with E-state index in [9.17, 15) is 0 Å². The number of nitrogens with two attached hydrogens (primary N) is 1. The van der Waals surface area contributed by atoms with Crippen molar-refractivity contribution in [1.82, 2.24) is 14.6 Å². The number of fused-ring (bicyclic) bond motifs is 2. The zero-order valence-corrected chi connectivity index (χ0v) is 13.3. The number of para-hydroxylation sites is 1. The summed E-state index contributed by atoms with van der Waals surface area (Å²) in [7, 11) is 0. The van der Waals surface area contributed by atoms with Crippen LogP contribution in [0.25, 0.3) is 28.1 Å². The van der Waals surface area contributed by atoms with E-state index in [0.29, 0.717) is 12.5 Å². The normalized spacial score (nSPS) is 12.8. The van der Waals surface area contributed by atoms with Gasteiger partial charge in [0.2, 0.25) is 5.88 Å². The molecule has 6 heteroatoms. The van der Waals surface area contributed by atoms with Gasteiger partial charge in [-0.3, -0.25) is 0 Å². The van der Waals surface area contributed by atoms with Crippen molar-refractivity contribution in [1.29, 1.82) is 0 Å². The molecule has 0 aliphatic heterocycles. The molecule has 0 amide bonds. The summed E-state index contributed by atoms with van der Waals surface area (Å²) >= 11 is 0. The number of benzene rings is 1. The van der Waals surface area contributed by atoms with Crippen LogP contribution in [0, 0.1) is 0 Å². The first-order chi connectivity index (χ1) is 11.7. The van der Waals surface area contributed by atoms with Gasteiger partial charge >= 0.3 is 0 Å². The van der Waals surface area contributed by atoms with Crippen molar-refractivity contribution in [2.75, 3.05) is 6.61 Å². The zero-order valence-electron chi connectivity index (χ0n) is 13.3. The van der Waals surface area contributed by atoms with Crippen molar-refractivity contribution in [3.63, 3.8) is 0 Å². The number of ether oxygens (including phenoxy) is 1. The summed E-state index contributed by atoms with van der Waals surface area (Å²) in [4.78, 5) is 4.38. The average molecular weight is 322 g/mol. The summed E-state index contributed by atoms with van der Waals surface area (Å²) in [5.74, 6) is 1.24. The van der Waals surface area contributed by atoms with Crippen molar-refractivity contribution in [2.45, 2.75) is 19.4 Å². The summed E-state index contributed by atoms with van der Waals surface area (Å²) in [6.45, 7) is 2.46. The molecular formula is C18H18N4O2. The van der Waals surface area contributed by atoms with Crippen molar-refractivity contribution < 1.29 is 9.15 Å². The molecule has 6 nitrogen and oxygen atoms in total. The van der Waals surface area contributed by atoms with Crippen molar-refractivity contribution in [3.8, 4) is 17.3 Å². The number of hydrogen-bond acceptors (Lipinski definition) is 5. The fourth-order valence-corrected chi connectivity index (χ4v) is 2.52. The summed E-state index contributed by atoms with van der Waals surface area (Å²) in [6.07, 6.45) is 2.61. The number of hydrogen-bond donors (Lipinski definition) is 1. The van der Waals surface area contributed by atoms with Gasteiger partial charge in [0.25, 0.3) is 0 Å². The van der Waals surface area contributed by atoms with Crippen molar-refractivity contribution in [3.05, 3.63) is 48.7 Å². The van der Waals surface area contributed by atoms with Crippen LogP contribution in [-0.4, -0.2) is 27.2 Å². The van der Waals surface area contributed by atoms with E-state index < -0.39 is 0 Å². The van der Waals surface area contributed by atoms with Crippen molar-refractivity contribution >= 4 is 16.6 Å². The Kier molecular flexibility index (Phi) is 3.66. The van der Waals surface area contributed by atoms with Crippen LogP contribution in [0.3, 0.4) is 0 Å². The Bertz CT molecular complexity index is 956. The average Bonchev–Trinajstić information content (AvgIpc) is 3.22. The van der Waals surface area contributed by atoms with E-state index in [4.69, 9.17) is 14.9 Å². The smallest absolute Gasteiger partial charge is 0.231 e. The molecule has 0 bridgehead atoms. The topological polar surface area (TPSA) is 78.6 Å². The third-order valence-electron chi connectivity index (χ3n) is 3.99. The fraction of sp³-hybridized carbons (Fsp3) is 0.222. The summed E-state index contributed by atoms with van der Waals surface area (Å²) in [5.41, 5.74) is 8.24. The lowest BCUT2D eigenvalue weighted by atomic mass is 10.2. The van der Waals surface area contributed by atoms with Gasteiger partial charge in [-0.05, 0) is 24.6 Å². The second-order valence-corrected chi connectivity index (χ2v) is 5.71. The first-order valence-corrected chi connectivity index (χ1v) is 7.96. The number of aromatic nitrogens is 3. The standard InChI is InChI=1S/C18H18N4O2/c1-2-13(19)11-23-18-8-7-17-20-10-14(22(17)21-18)16-9-12-5-3-4-6-15(12)24-16/h3-10,13H,2,11,19H2,1H3/t13-/m0/s1. The monoisotopic (exact) mass is 322 g/mol. The molecule has 24 heavy (non-hydrogen) atoms. The Labute approximate surface area is 138 Å². The Morgan fingerprint density at radius 3 is 2.96 bits per heavy atom. The molecule has 0 saturated heterocycles. The van der Waals surface area contributed by atoms with Gasteiger partial charge in [-0.2, -0.15) is 0 Å². The van der Waals surface area contributed by atoms with Gasteiger partial charge in [-0.15, -0.1) is 5.10 Å². The minimum atomic E-state index is 0.000118. The van der Waals surface area contributed by atoms with E-state index in [1.165, 1.54) is 0 Å². The summed E-state index contributed by atoms with van der Waals surface area (Å²) in [5, 5.41) is 5.55. The first-order valence-electron chi connectivity index (χ1n) is 7.96. The molecular weight excluding hydrogens is 304 g/mol. The highest BCUT2D eigenvalue weighted by Crippen LogP contribution is 2.28. The zero-order chi connectivity index (χ0) is 16.5. The Hall–Kier alpha value is -2.86. The van der Waals surface area contributed by atoms with Crippen LogP contribution in [0.15, 0.2) is 53.1 Å². The van der Waals surface area contributed by atoms with Gasteiger partial charge in [-0.25, -0.2) is 9.50 Å². The van der Waals surface area contributed by atoms with Crippen LogP contribution in [0.5, 0.6) is 5.88 Å². The number of furan rings is 1. The molecule has 1 aromatic carbocycles. The fourth-order valence-electron chi connectivity index (χ4n) is 2.52. The largest absolute Gasteiger partial charge is 0.475 e.